The molecule has 0 aliphatic heterocycles. The van der Waals surface area contributed by atoms with Gasteiger partial charge in [0.25, 0.3) is 7.82 Å². The number of rotatable bonds is 59. The number of phosphoric ester groups is 1. The summed E-state index contributed by atoms with van der Waals surface area (Å²) in [4.78, 5) is 37.7. The molecule has 2 unspecified atom stereocenters. The zero-order chi connectivity index (χ0) is 54.2. The molecule has 0 saturated heterocycles. The van der Waals surface area contributed by atoms with Crippen LogP contribution in [0.5, 0.6) is 0 Å². The second-order valence-electron chi connectivity index (χ2n) is 22.8. The summed E-state index contributed by atoms with van der Waals surface area (Å²) in [6.45, 7) is 4.25. The van der Waals surface area contributed by atoms with Crippen molar-refractivity contribution in [2.75, 3.05) is 47.5 Å². The van der Waals surface area contributed by atoms with Gasteiger partial charge in [-0.3, -0.25) is 14.2 Å². The Bertz CT molecular complexity index is 1340. The van der Waals surface area contributed by atoms with Crippen LogP contribution in [-0.2, 0) is 32.7 Å². The molecule has 0 aliphatic carbocycles. The molecule has 0 bridgehead atoms. The first kappa shape index (κ1) is 72.2. The zero-order valence-electron chi connectivity index (χ0n) is 49.6. The summed E-state index contributed by atoms with van der Waals surface area (Å²) in [6, 6.07) is 0. The lowest BCUT2D eigenvalue weighted by atomic mass is 10.0. The highest BCUT2D eigenvalue weighted by Crippen LogP contribution is 2.38. The summed E-state index contributed by atoms with van der Waals surface area (Å²) >= 11 is 0. The molecular weight excluding hydrogens is 942 g/mol. The third-order valence-electron chi connectivity index (χ3n) is 14.2. The van der Waals surface area contributed by atoms with Crippen molar-refractivity contribution in [1.82, 2.24) is 0 Å². The van der Waals surface area contributed by atoms with Crippen LogP contribution in [0.4, 0.5) is 0 Å². The minimum atomic E-state index is -4.63. The number of hydrogen-bond donors (Lipinski definition) is 0. The predicted molar refractivity (Wildman–Crippen MR) is 314 cm³/mol. The van der Waals surface area contributed by atoms with Crippen LogP contribution in [0.1, 0.15) is 309 Å². The van der Waals surface area contributed by atoms with Gasteiger partial charge >= 0.3 is 11.9 Å². The fourth-order valence-electron chi connectivity index (χ4n) is 9.25. The first-order valence-electron chi connectivity index (χ1n) is 31.7. The third kappa shape index (κ3) is 59.5. The maximum atomic E-state index is 12.8. The third-order valence-corrected chi connectivity index (χ3v) is 15.1. The number of hydrogen-bond acceptors (Lipinski definition) is 8. The Labute approximate surface area is 459 Å². The second-order valence-corrected chi connectivity index (χ2v) is 24.2. The van der Waals surface area contributed by atoms with E-state index in [0.29, 0.717) is 17.4 Å². The van der Waals surface area contributed by atoms with Crippen molar-refractivity contribution >= 4 is 19.8 Å². The normalized spacial score (nSPS) is 13.4. The topological polar surface area (TPSA) is 111 Å². The molecule has 0 saturated carbocycles. The van der Waals surface area contributed by atoms with Gasteiger partial charge in [-0.25, -0.2) is 0 Å². The van der Waals surface area contributed by atoms with E-state index in [-0.39, 0.29) is 32.0 Å². The summed E-state index contributed by atoms with van der Waals surface area (Å²) in [7, 11) is 1.18. The number of carbonyl (C=O) groups excluding carboxylic acids is 2. The standard InChI is InChI=1S/C64H122NO8P/c1-6-8-10-12-14-16-18-19-20-21-22-23-24-25-26-27-28-29-30-31-32-33-34-35-36-37-38-39-40-41-42-43-44-45-47-49-51-53-55-57-64(67)73-62(61-72-74(68,69)71-59-58-65(3,4)5)60-70-63(66)56-54-52-50-48-46-17-15-13-11-9-7-2/h18-19,21-22,24-25,62H,6-17,20,23,26-61H2,1-5H3/b19-18-,22-21-,25-24-. The highest BCUT2D eigenvalue weighted by atomic mass is 31.2. The van der Waals surface area contributed by atoms with Crippen LogP contribution in [0.2, 0.25) is 0 Å². The van der Waals surface area contributed by atoms with Crippen LogP contribution in [0.3, 0.4) is 0 Å². The Morgan fingerprint density at radius 1 is 0.419 bits per heavy atom. The maximum Gasteiger partial charge on any atom is 0.306 e. The maximum absolute atomic E-state index is 12.8. The van der Waals surface area contributed by atoms with E-state index < -0.39 is 26.5 Å². The van der Waals surface area contributed by atoms with Crippen molar-refractivity contribution in [2.45, 2.75) is 315 Å². The molecule has 0 rings (SSSR count). The zero-order valence-corrected chi connectivity index (χ0v) is 50.5. The monoisotopic (exact) mass is 1060 g/mol. The summed E-state index contributed by atoms with van der Waals surface area (Å²) in [5, 5.41) is 0. The van der Waals surface area contributed by atoms with E-state index in [1.807, 2.05) is 21.1 Å². The van der Waals surface area contributed by atoms with Gasteiger partial charge in [0.05, 0.1) is 27.7 Å². The molecule has 10 heteroatoms. The van der Waals surface area contributed by atoms with Gasteiger partial charge in [0.15, 0.2) is 6.10 Å². The Kier molecular flexibility index (Phi) is 54.6. The van der Waals surface area contributed by atoms with Gasteiger partial charge in [-0.05, 0) is 51.4 Å². The molecule has 9 nitrogen and oxygen atoms in total. The van der Waals surface area contributed by atoms with Crippen LogP contribution >= 0.6 is 7.82 Å². The highest BCUT2D eigenvalue weighted by molar-refractivity contribution is 7.45. The molecule has 0 spiro atoms. The molecule has 0 radical (unpaired) electrons. The Morgan fingerprint density at radius 2 is 0.730 bits per heavy atom. The van der Waals surface area contributed by atoms with Gasteiger partial charge in [-0.15, -0.1) is 0 Å². The average Bonchev–Trinajstić information content (AvgIpc) is 3.36. The summed E-state index contributed by atoms with van der Waals surface area (Å²) in [5.74, 6) is -0.819. The molecular formula is C64H122NO8P. The number of unbranched alkanes of at least 4 members (excludes halogenated alkanes) is 39. The van der Waals surface area contributed by atoms with Crippen molar-refractivity contribution in [3.05, 3.63) is 36.5 Å². The van der Waals surface area contributed by atoms with Gasteiger partial charge in [0.2, 0.25) is 0 Å². The smallest absolute Gasteiger partial charge is 0.306 e. The van der Waals surface area contributed by atoms with Gasteiger partial charge in [0.1, 0.15) is 19.8 Å². The first-order valence-corrected chi connectivity index (χ1v) is 33.2. The Hall–Kier alpha value is -1.77. The van der Waals surface area contributed by atoms with Crippen molar-refractivity contribution in [3.8, 4) is 0 Å². The van der Waals surface area contributed by atoms with Crippen molar-refractivity contribution in [3.63, 3.8) is 0 Å². The molecule has 0 N–H and O–H groups in total. The highest BCUT2D eigenvalue weighted by Gasteiger charge is 2.22. The van der Waals surface area contributed by atoms with Gasteiger partial charge < -0.3 is 27.9 Å². The summed E-state index contributed by atoms with van der Waals surface area (Å²) in [5.41, 5.74) is 0. The van der Waals surface area contributed by atoms with Gasteiger partial charge in [0, 0.05) is 12.8 Å². The Balaban J connectivity index is 3.84. The minimum absolute atomic E-state index is 0.0274. The number of ether oxygens (including phenoxy) is 2. The molecule has 0 heterocycles. The van der Waals surface area contributed by atoms with E-state index in [1.165, 1.54) is 231 Å². The number of carbonyl (C=O) groups is 2. The molecule has 0 amide bonds. The molecule has 0 aromatic carbocycles. The number of likely N-dealkylation sites (N-methyl/N-ethyl adjacent to an activating group) is 1. The van der Waals surface area contributed by atoms with Crippen molar-refractivity contribution in [1.29, 1.82) is 0 Å². The van der Waals surface area contributed by atoms with E-state index >= 15 is 0 Å². The lowest BCUT2D eigenvalue weighted by molar-refractivity contribution is -0.870. The van der Waals surface area contributed by atoms with Crippen LogP contribution in [-0.4, -0.2) is 70.0 Å². The van der Waals surface area contributed by atoms with Gasteiger partial charge in [-0.2, -0.15) is 0 Å². The lowest BCUT2D eigenvalue weighted by Crippen LogP contribution is -2.37. The Morgan fingerprint density at radius 3 is 1.08 bits per heavy atom. The molecule has 0 aromatic heterocycles. The lowest BCUT2D eigenvalue weighted by Gasteiger charge is -2.28. The van der Waals surface area contributed by atoms with Crippen LogP contribution in [0, 0.1) is 0 Å². The summed E-state index contributed by atoms with van der Waals surface area (Å²) < 4.78 is 34.1. The SMILES string of the molecule is CCCCCCC/C=C\C/C=C\C/C=C\CCCCCCCCCCCCCCCCCCCCCCCCCCC(=O)OC(COC(=O)CCCCCCCCCCCCC)COP(=O)([O-])OCC[N+](C)(C)C. The van der Waals surface area contributed by atoms with E-state index in [1.54, 1.807) is 0 Å². The molecule has 74 heavy (non-hydrogen) atoms. The summed E-state index contributed by atoms with van der Waals surface area (Å²) in [6.07, 6.45) is 69.5. The quantitative estimate of drug-likeness (QED) is 0.0195. The van der Waals surface area contributed by atoms with E-state index in [0.717, 1.165) is 44.9 Å². The number of nitrogens with zero attached hydrogens (tertiary/aromatic N) is 1. The number of phosphoric acid groups is 1. The van der Waals surface area contributed by atoms with Crippen LogP contribution in [0.25, 0.3) is 0 Å². The van der Waals surface area contributed by atoms with Crippen LogP contribution < -0.4 is 4.89 Å². The number of allylic oxidation sites excluding steroid dienone is 6. The van der Waals surface area contributed by atoms with E-state index in [2.05, 4.69) is 50.3 Å². The van der Waals surface area contributed by atoms with Crippen molar-refractivity contribution < 1.29 is 42.1 Å². The fraction of sp³-hybridized carbons (Fsp3) is 0.875. The molecule has 0 aliphatic rings. The van der Waals surface area contributed by atoms with Crippen LogP contribution in [0.15, 0.2) is 36.5 Å². The molecule has 0 fully saturated rings. The average molecular weight is 1060 g/mol. The van der Waals surface area contributed by atoms with Crippen molar-refractivity contribution in [2.24, 2.45) is 0 Å². The van der Waals surface area contributed by atoms with E-state index in [9.17, 15) is 19.0 Å². The molecule has 2 atom stereocenters. The molecule has 436 valence electrons. The second kappa shape index (κ2) is 56.0. The predicted octanol–water partition coefficient (Wildman–Crippen LogP) is 19.3. The number of quaternary nitrogens is 1. The van der Waals surface area contributed by atoms with Gasteiger partial charge in [-0.1, -0.05) is 281 Å². The van der Waals surface area contributed by atoms with E-state index in [4.69, 9.17) is 18.5 Å². The first-order chi connectivity index (χ1) is 36.0. The minimum Gasteiger partial charge on any atom is -0.756 e. The number of esters is 2. The largest absolute Gasteiger partial charge is 0.756 e. The fourth-order valence-corrected chi connectivity index (χ4v) is 9.98. The molecule has 0 aromatic rings.